The maximum Gasteiger partial charge on any atom is 0.471 e. The lowest BCUT2D eigenvalue weighted by Crippen LogP contribution is -2.71. The molecule has 0 aromatic carbocycles. The Balaban J connectivity index is 2.00. The lowest BCUT2D eigenvalue weighted by Gasteiger charge is -2.55. The van der Waals surface area contributed by atoms with E-state index in [-0.39, 0.29) is 32.2 Å². The summed E-state index contributed by atoms with van der Waals surface area (Å²) >= 11 is 0. The number of sulfone groups is 1. The zero-order valence-corrected chi connectivity index (χ0v) is 24.2. The zero-order chi connectivity index (χ0) is 32.0. The first-order valence-electron chi connectivity index (χ1n) is 13.3. The van der Waals surface area contributed by atoms with Crippen LogP contribution in [0.25, 0.3) is 0 Å². The number of carbonyl (C=O) groups excluding carboxylic acids is 4. The Morgan fingerprint density at radius 1 is 1.12 bits per heavy atom. The Morgan fingerprint density at radius 3 is 2.21 bits per heavy atom. The highest BCUT2D eigenvalue weighted by Crippen LogP contribution is 2.49. The van der Waals surface area contributed by atoms with Crippen molar-refractivity contribution in [1.29, 1.82) is 0 Å². The van der Waals surface area contributed by atoms with Crippen molar-refractivity contribution >= 4 is 33.5 Å². The minimum absolute atomic E-state index is 0.00808. The third-order valence-corrected chi connectivity index (χ3v) is 8.66. The van der Waals surface area contributed by atoms with E-state index in [0.717, 1.165) is 4.90 Å². The first-order valence-corrected chi connectivity index (χ1v) is 15.2. The SMILES string of the molecule is CC(C)(C)[C@@H](NC(=O)C(F)(F)F)C(=O)N1[C@H]2CC[C@@H]([C@@H]1C(=O)N[C@H](/C=C(\F)S(C)(=O)=O)C[C@@H]1CCNC1=O)C(F)(F)C2. The van der Waals surface area contributed by atoms with Crippen LogP contribution in [0.3, 0.4) is 0 Å². The van der Waals surface area contributed by atoms with Gasteiger partial charge in [0.1, 0.15) is 12.1 Å². The highest BCUT2D eigenvalue weighted by Gasteiger charge is 2.61. The number of amides is 4. The fourth-order valence-corrected chi connectivity index (χ4v) is 6.14. The van der Waals surface area contributed by atoms with Crippen LogP contribution >= 0.6 is 0 Å². The van der Waals surface area contributed by atoms with E-state index in [9.17, 15) is 45.2 Å². The molecule has 3 N–H and O–H groups in total. The maximum atomic E-state index is 15.1. The third kappa shape index (κ3) is 7.37. The van der Waals surface area contributed by atoms with Gasteiger partial charge in [0, 0.05) is 31.2 Å². The lowest BCUT2D eigenvalue weighted by molar-refractivity contribution is -0.197. The molecular formula is C25H34F6N4O6S. The second-order valence-electron chi connectivity index (χ2n) is 12.1. The van der Waals surface area contributed by atoms with Crippen molar-refractivity contribution in [3.05, 3.63) is 11.2 Å². The normalized spacial score (nSPS) is 27.7. The smallest absolute Gasteiger partial charge is 0.356 e. The van der Waals surface area contributed by atoms with E-state index in [1.54, 1.807) is 5.32 Å². The van der Waals surface area contributed by atoms with Crippen LogP contribution in [0.15, 0.2) is 11.2 Å². The van der Waals surface area contributed by atoms with Crippen molar-refractivity contribution in [2.45, 2.75) is 89.1 Å². The summed E-state index contributed by atoms with van der Waals surface area (Å²) in [6.45, 7) is 4.31. The molecule has 4 fully saturated rings. The molecule has 1 saturated carbocycles. The van der Waals surface area contributed by atoms with E-state index in [2.05, 4.69) is 10.6 Å². The lowest BCUT2D eigenvalue weighted by atomic mass is 9.70. The molecule has 3 aliphatic heterocycles. The van der Waals surface area contributed by atoms with Gasteiger partial charge in [0.15, 0.2) is 0 Å². The van der Waals surface area contributed by atoms with Gasteiger partial charge in [-0.3, -0.25) is 19.2 Å². The van der Waals surface area contributed by atoms with Gasteiger partial charge in [-0.2, -0.15) is 17.6 Å². The quantitative estimate of drug-likeness (QED) is 0.350. The van der Waals surface area contributed by atoms with Gasteiger partial charge in [-0.05, 0) is 37.2 Å². The number of alkyl halides is 5. The molecule has 3 heterocycles. The number of rotatable bonds is 8. The molecule has 0 spiro atoms. The van der Waals surface area contributed by atoms with E-state index in [4.69, 9.17) is 0 Å². The van der Waals surface area contributed by atoms with E-state index in [1.807, 2.05) is 0 Å². The van der Waals surface area contributed by atoms with Gasteiger partial charge in [-0.15, -0.1) is 0 Å². The Bertz CT molecular complexity index is 1250. The van der Waals surface area contributed by atoms with Crippen molar-refractivity contribution < 1.29 is 53.9 Å². The summed E-state index contributed by atoms with van der Waals surface area (Å²) in [6, 6.07) is -6.56. The molecule has 17 heteroatoms. The number of nitrogens with zero attached hydrogens (tertiary/aromatic N) is 1. The van der Waals surface area contributed by atoms with E-state index >= 15 is 8.78 Å². The van der Waals surface area contributed by atoms with E-state index in [0.29, 0.717) is 12.3 Å². The molecule has 10 nitrogen and oxygen atoms in total. The monoisotopic (exact) mass is 632 g/mol. The van der Waals surface area contributed by atoms with Crippen molar-refractivity contribution in [3.8, 4) is 0 Å². The van der Waals surface area contributed by atoms with Crippen molar-refractivity contribution in [2.24, 2.45) is 17.3 Å². The first kappa shape index (κ1) is 33.6. The molecule has 4 rings (SSSR count). The molecule has 42 heavy (non-hydrogen) atoms. The molecule has 6 atom stereocenters. The number of piperidine rings is 2. The van der Waals surface area contributed by atoms with E-state index in [1.165, 1.54) is 20.8 Å². The largest absolute Gasteiger partial charge is 0.471 e. The van der Waals surface area contributed by atoms with Gasteiger partial charge in [0.05, 0.1) is 12.0 Å². The minimum Gasteiger partial charge on any atom is -0.356 e. The molecule has 3 saturated heterocycles. The summed E-state index contributed by atoms with van der Waals surface area (Å²) in [5.41, 5.74) is -1.35. The summed E-state index contributed by atoms with van der Waals surface area (Å²) in [5.74, 6) is -11.3. The summed E-state index contributed by atoms with van der Waals surface area (Å²) in [4.78, 5) is 52.0. The molecule has 0 radical (unpaired) electrons. The number of carbonyl (C=O) groups is 4. The zero-order valence-electron chi connectivity index (χ0n) is 23.4. The Labute approximate surface area is 238 Å². The summed E-state index contributed by atoms with van der Waals surface area (Å²) in [7, 11) is -4.38. The van der Waals surface area contributed by atoms with Crippen molar-refractivity contribution in [3.63, 3.8) is 0 Å². The van der Waals surface area contributed by atoms with Crippen LogP contribution in [0.4, 0.5) is 26.3 Å². The van der Waals surface area contributed by atoms with Crippen molar-refractivity contribution in [1.82, 2.24) is 20.9 Å². The van der Waals surface area contributed by atoms with Gasteiger partial charge in [0.25, 0.3) is 5.92 Å². The van der Waals surface area contributed by atoms with Crippen LogP contribution in [-0.4, -0.2) is 86.0 Å². The Hall–Kier alpha value is -2.85. The Kier molecular flexibility index (Phi) is 9.36. The second kappa shape index (κ2) is 11.7. The fourth-order valence-electron chi connectivity index (χ4n) is 5.73. The average Bonchev–Trinajstić information content (AvgIpc) is 3.22. The minimum atomic E-state index is -5.36. The van der Waals surface area contributed by atoms with Crippen LogP contribution < -0.4 is 16.0 Å². The van der Waals surface area contributed by atoms with Gasteiger partial charge in [-0.25, -0.2) is 17.2 Å². The van der Waals surface area contributed by atoms with Crippen molar-refractivity contribution in [2.75, 3.05) is 12.8 Å². The maximum absolute atomic E-state index is 15.1. The highest BCUT2D eigenvalue weighted by atomic mass is 32.2. The Morgan fingerprint density at radius 2 is 1.74 bits per heavy atom. The highest BCUT2D eigenvalue weighted by molar-refractivity contribution is 7.94. The van der Waals surface area contributed by atoms with E-state index < -0.39 is 98.6 Å². The predicted octanol–water partition coefficient (Wildman–Crippen LogP) is 1.96. The number of hydrogen-bond donors (Lipinski definition) is 3. The first-order chi connectivity index (χ1) is 19.0. The third-order valence-electron chi connectivity index (χ3n) is 7.82. The van der Waals surface area contributed by atoms with Crippen LogP contribution in [0.5, 0.6) is 0 Å². The topological polar surface area (TPSA) is 142 Å². The van der Waals surface area contributed by atoms with Gasteiger partial charge in [-0.1, -0.05) is 20.8 Å². The molecule has 0 unspecified atom stereocenters. The van der Waals surface area contributed by atoms with Gasteiger partial charge in [0.2, 0.25) is 32.7 Å². The van der Waals surface area contributed by atoms with Gasteiger partial charge >= 0.3 is 12.1 Å². The molecule has 0 aromatic rings. The number of nitrogens with one attached hydrogen (secondary N) is 3. The number of halogens is 6. The summed E-state index contributed by atoms with van der Waals surface area (Å²) < 4.78 is 107. The van der Waals surface area contributed by atoms with Crippen LogP contribution in [0.2, 0.25) is 0 Å². The second-order valence-corrected chi connectivity index (χ2v) is 14.1. The summed E-state index contributed by atoms with van der Waals surface area (Å²) in [5, 5.41) is 4.81. The molecule has 0 aromatic heterocycles. The van der Waals surface area contributed by atoms with Crippen LogP contribution in [0, 0.1) is 17.3 Å². The molecular weight excluding hydrogens is 598 g/mol. The summed E-state index contributed by atoms with van der Waals surface area (Å²) in [6.07, 6.45) is -5.38. The molecule has 4 aliphatic rings. The standard InChI is InChI=1S/C25H34F6N4O6S/c1-23(2,3)18(34-22(39)25(29,30)31)21(38)35-14-5-6-15(24(27,28)11-14)17(35)20(37)33-13(10-16(26)42(4,40)41)9-12-7-8-32-19(12)36/h10,12-15,17-18H,5-9,11H2,1-4H3,(H,32,36)(H,33,37)(H,34,39)/b16-10+/t12-,13-,14-,15-,17+,18-/m0/s1. The molecule has 238 valence electrons. The molecule has 2 bridgehead atoms. The molecule has 4 amide bonds. The van der Waals surface area contributed by atoms with Crippen LogP contribution in [0.1, 0.15) is 52.9 Å². The number of fused-ring (bicyclic) bond motifs is 3. The molecule has 1 aliphatic carbocycles. The van der Waals surface area contributed by atoms with Crippen LogP contribution in [-0.2, 0) is 29.0 Å². The average molecular weight is 633 g/mol. The fraction of sp³-hybridized carbons (Fsp3) is 0.760. The predicted molar refractivity (Wildman–Crippen MR) is 136 cm³/mol. The van der Waals surface area contributed by atoms with Gasteiger partial charge < -0.3 is 20.9 Å². The number of hydrogen-bond acceptors (Lipinski definition) is 6.